The van der Waals surface area contributed by atoms with Crippen LogP contribution < -0.4 is 10.6 Å². The first-order chi connectivity index (χ1) is 19.9. The van der Waals surface area contributed by atoms with E-state index in [1.165, 1.54) is 0 Å². The summed E-state index contributed by atoms with van der Waals surface area (Å²) in [5.74, 6) is -0.248. The van der Waals surface area contributed by atoms with Crippen LogP contribution in [0.15, 0.2) is 86.0 Å². The quantitative estimate of drug-likeness (QED) is 0.109. The lowest BCUT2D eigenvalue weighted by molar-refractivity contribution is -0.145. The summed E-state index contributed by atoms with van der Waals surface area (Å²) < 4.78 is 5.51. The van der Waals surface area contributed by atoms with Gasteiger partial charge in [-0.05, 0) is 43.2 Å². The molecule has 8 heteroatoms. The SMILES string of the molecule is C=CCCCCC(=O)OCC(CSCc1ccccc1)NC(=O)C(CC=C)CC(=O)NC(CO)Cc1ccccc1. The Kier molecular flexibility index (Phi) is 16.9. The molecule has 222 valence electrons. The monoisotopic (exact) mass is 580 g/mol. The first kappa shape index (κ1) is 33.8. The largest absolute Gasteiger partial charge is 0.463 e. The van der Waals surface area contributed by atoms with Crippen molar-refractivity contribution >= 4 is 29.5 Å². The summed E-state index contributed by atoms with van der Waals surface area (Å²) >= 11 is 1.64. The van der Waals surface area contributed by atoms with Crippen LogP contribution in [0.1, 0.15) is 49.7 Å². The van der Waals surface area contributed by atoms with Gasteiger partial charge in [0, 0.05) is 24.3 Å². The van der Waals surface area contributed by atoms with E-state index < -0.39 is 18.0 Å². The van der Waals surface area contributed by atoms with Gasteiger partial charge in [0.1, 0.15) is 6.61 Å². The Labute approximate surface area is 248 Å². The molecule has 3 N–H and O–H groups in total. The fourth-order valence-corrected chi connectivity index (χ4v) is 5.23. The van der Waals surface area contributed by atoms with Gasteiger partial charge in [-0.3, -0.25) is 14.4 Å². The van der Waals surface area contributed by atoms with E-state index in [0.29, 0.717) is 25.0 Å². The number of hydrogen-bond donors (Lipinski definition) is 3. The number of nitrogens with one attached hydrogen (secondary N) is 2. The van der Waals surface area contributed by atoms with Crippen molar-refractivity contribution in [3.8, 4) is 0 Å². The topological polar surface area (TPSA) is 105 Å². The van der Waals surface area contributed by atoms with Crippen molar-refractivity contribution in [3.05, 3.63) is 97.1 Å². The fraction of sp³-hybridized carbons (Fsp3) is 0.424. The van der Waals surface area contributed by atoms with Gasteiger partial charge >= 0.3 is 5.97 Å². The van der Waals surface area contributed by atoms with Crippen LogP contribution in [0, 0.1) is 5.92 Å². The number of carbonyl (C=O) groups is 3. The van der Waals surface area contributed by atoms with Gasteiger partial charge in [0.05, 0.1) is 24.6 Å². The molecule has 2 aromatic carbocycles. The second-order valence-electron chi connectivity index (χ2n) is 9.99. The molecule has 2 rings (SSSR count). The molecule has 2 aromatic rings. The fourth-order valence-electron chi connectivity index (χ4n) is 4.22. The molecule has 3 atom stereocenters. The highest BCUT2D eigenvalue weighted by Crippen LogP contribution is 2.16. The van der Waals surface area contributed by atoms with Crippen LogP contribution in [0.4, 0.5) is 0 Å². The number of esters is 1. The molecule has 0 saturated carbocycles. The number of amides is 2. The number of ether oxygens (including phenoxy) is 1. The van der Waals surface area contributed by atoms with Crippen LogP contribution in [0.25, 0.3) is 0 Å². The van der Waals surface area contributed by atoms with E-state index in [2.05, 4.69) is 23.8 Å². The number of hydrogen-bond acceptors (Lipinski definition) is 6. The highest BCUT2D eigenvalue weighted by molar-refractivity contribution is 7.98. The summed E-state index contributed by atoms with van der Waals surface area (Å²) in [5, 5.41) is 15.6. The van der Waals surface area contributed by atoms with Crippen molar-refractivity contribution in [2.75, 3.05) is 19.0 Å². The van der Waals surface area contributed by atoms with Gasteiger partial charge in [-0.2, -0.15) is 11.8 Å². The Bertz CT molecular complexity index is 1060. The summed E-state index contributed by atoms with van der Waals surface area (Å²) in [4.78, 5) is 38.4. The minimum atomic E-state index is -0.639. The van der Waals surface area contributed by atoms with Crippen molar-refractivity contribution in [3.63, 3.8) is 0 Å². The van der Waals surface area contributed by atoms with Gasteiger partial charge in [0.15, 0.2) is 0 Å². The van der Waals surface area contributed by atoms with E-state index in [-0.39, 0.29) is 37.4 Å². The second kappa shape index (κ2) is 20.5. The molecule has 0 saturated heterocycles. The van der Waals surface area contributed by atoms with E-state index in [4.69, 9.17) is 4.74 Å². The van der Waals surface area contributed by atoms with E-state index in [1.54, 1.807) is 17.8 Å². The maximum absolute atomic E-state index is 13.3. The van der Waals surface area contributed by atoms with Gasteiger partial charge in [-0.15, -0.1) is 13.2 Å². The Hall–Kier alpha value is -3.36. The molecule has 3 unspecified atom stereocenters. The molecule has 7 nitrogen and oxygen atoms in total. The Morgan fingerprint density at radius 1 is 0.902 bits per heavy atom. The van der Waals surface area contributed by atoms with Crippen molar-refractivity contribution in [1.82, 2.24) is 10.6 Å². The van der Waals surface area contributed by atoms with Crippen LogP contribution >= 0.6 is 11.8 Å². The van der Waals surface area contributed by atoms with Gasteiger partial charge < -0.3 is 20.5 Å². The molecular weight excluding hydrogens is 536 g/mol. The van der Waals surface area contributed by atoms with Gasteiger partial charge in [-0.25, -0.2) is 0 Å². The number of aliphatic hydroxyl groups excluding tert-OH is 1. The zero-order valence-corrected chi connectivity index (χ0v) is 24.7. The molecule has 0 aliphatic carbocycles. The third kappa shape index (κ3) is 14.7. The standard InChI is InChI=1S/C33H44N2O5S/c1-3-5-6-13-19-32(38)40-23-30(25-41-24-27-17-11-8-12-18-27)35-33(39)28(14-4-2)21-31(37)34-29(22-36)20-26-15-9-7-10-16-26/h3-4,7-12,15-18,28-30,36H,1-2,5-6,13-14,19-25H2,(H,34,37)(H,35,39). The van der Waals surface area contributed by atoms with Crippen LogP contribution in [0.3, 0.4) is 0 Å². The number of benzene rings is 2. The lowest BCUT2D eigenvalue weighted by Crippen LogP contribution is -2.45. The first-order valence-electron chi connectivity index (χ1n) is 14.2. The minimum Gasteiger partial charge on any atom is -0.463 e. The van der Waals surface area contributed by atoms with Crippen LogP contribution in [-0.2, 0) is 31.3 Å². The third-order valence-electron chi connectivity index (χ3n) is 6.43. The molecule has 0 fully saturated rings. The number of rotatable bonds is 21. The molecule has 0 aromatic heterocycles. The molecule has 2 amide bonds. The van der Waals surface area contributed by atoms with Gasteiger partial charge in [0.25, 0.3) is 0 Å². The van der Waals surface area contributed by atoms with Gasteiger partial charge in [-0.1, -0.05) is 72.8 Å². The Morgan fingerprint density at radius 3 is 2.22 bits per heavy atom. The van der Waals surface area contributed by atoms with E-state index in [0.717, 1.165) is 36.1 Å². The average molecular weight is 581 g/mol. The van der Waals surface area contributed by atoms with E-state index in [1.807, 2.05) is 66.7 Å². The molecule has 0 bridgehead atoms. The zero-order valence-electron chi connectivity index (χ0n) is 23.8. The summed E-state index contributed by atoms with van der Waals surface area (Å²) in [5.41, 5.74) is 2.16. The Balaban J connectivity index is 1.96. The molecule has 0 aliphatic rings. The number of carbonyl (C=O) groups excluding carboxylic acids is 3. The molecule has 0 aliphatic heterocycles. The minimum absolute atomic E-state index is 0.0455. The lowest BCUT2D eigenvalue weighted by Gasteiger charge is -2.23. The maximum Gasteiger partial charge on any atom is 0.305 e. The number of allylic oxidation sites excluding steroid dienone is 2. The zero-order chi connectivity index (χ0) is 29.7. The number of thioether (sulfide) groups is 1. The number of unbranched alkanes of at least 4 members (excludes halogenated alkanes) is 2. The van der Waals surface area contributed by atoms with Crippen molar-refractivity contribution in [2.45, 2.75) is 62.8 Å². The predicted octanol–water partition coefficient (Wildman–Crippen LogP) is 5.00. The van der Waals surface area contributed by atoms with Crippen LogP contribution in [-0.4, -0.2) is 53.9 Å². The summed E-state index contributed by atoms with van der Waals surface area (Å²) in [6.45, 7) is 7.30. The van der Waals surface area contributed by atoms with Crippen LogP contribution in [0.5, 0.6) is 0 Å². The van der Waals surface area contributed by atoms with E-state index in [9.17, 15) is 19.5 Å². The smallest absolute Gasteiger partial charge is 0.305 e. The summed E-state index contributed by atoms with van der Waals surface area (Å²) in [7, 11) is 0. The maximum atomic E-state index is 13.3. The lowest BCUT2D eigenvalue weighted by atomic mass is 9.98. The highest BCUT2D eigenvalue weighted by atomic mass is 32.2. The van der Waals surface area contributed by atoms with Crippen LogP contribution in [0.2, 0.25) is 0 Å². The molecule has 0 radical (unpaired) electrons. The number of aliphatic hydroxyl groups is 1. The molecular formula is C33H44N2O5S. The third-order valence-corrected chi connectivity index (χ3v) is 7.60. The first-order valence-corrected chi connectivity index (χ1v) is 15.3. The van der Waals surface area contributed by atoms with Crippen molar-refractivity contribution in [2.24, 2.45) is 5.92 Å². The average Bonchev–Trinajstić information content (AvgIpc) is 2.98. The normalized spacial score (nSPS) is 12.9. The van der Waals surface area contributed by atoms with Gasteiger partial charge in [0.2, 0.25) is 11.8 Å². The van der Waals surface area contributed by atoms with Crippen molar-refractivity contribution in [1.29, 1.82) is 0 Å². The second-order valence-corrected chi connectivity index (χ2v) is 11.0. The molecule has 0 heterocycles. The molecule has 41 heavy (non-hydrogen) atoms. The Morgan fingerprint density at radius 2 is 1.59 bits per heavy atom. The molecule has 0 spiro atoms. The van der Waals surface area contributed by atoms with Crippen molar-refractivity contribution < 1.29 is 24.2 Å². The summed E-state index contributed by atoms with van der Waals surface area (Å²) in [6.07, 6.45) is 6.97. The summed E-state index contributed by atoms with van der Waals surface area (Å²) in [6, 6.07) is 18.7. The highest BCUT2D eigenvalue weighted by Gasteiger charge is 2.25. The van der Waals surface area contributed by atoms with E-state index >= 15 is 0 Å². The predicted molar refractivity (Wildman–Crippen MR) is 166 cm³/mol.